The summed E-state index contributed by atoms with van der Waals surface area (Å²) in [7, 11) is 2.06. The summed E-state index contributed by atoms with van der Waals surface area (Å²) in [6.07, 6.45) is 0.848. The van der Waals surface area contributed by atoms with Crippen LogP contribution in [-0.2, 0) is 11.0 Å². The first-order valence-corrected chi connectivity index (χ1v) is 12.7. The van der Waals surface area contributed by atoms with Crippen molar-refractivity contribution in [2.45, 2.75) is 44.3 Å². The molecule has 2 aliphatic rings. The Kier molecular flexibility index (Phi) is 8.52. The highest BCUT2D eigenvalue weighted by Crippen LogP contribution is 2.32. The number of likely N-dealkylation sites (N-methyl/N-ethyl adjacent to an activating group) is 1. The Bertz CT molecular complexity index is 1200. The van der Waals surface area contributed by atoms with Crippen molar-refractivity contribution in [3.63, 3.8) is 0 Å². The van der Waals surface area contributed by atoms with Crippen LogP contribution in [0, 0.1) is 17.2 Å². The summed E-state index contributed by atoms with van der Waals surface area (Å²) in [5.41, 5.74) is -0.602. The molecule has 1 atom stereocenters. The van der Waals surface area contributed by atoms with Gasteiger partial charge in [0.25, 0.3) is 5.91 Å². The topological polar surface area (TPSA) is 101 Å². The highest BCUT2D eigenvalue weighted by Gasteiger charge is 2.31. The monoisotopic (exact) mass is 528 g/mol. The molecule has 0 saturated carbocycles. The summed E-state index contributed by atoms with van der Waals surface area (Å²) in [6.45, 7) is 3.10. The number of carbonyl (C=O) groups excluding carboxylic acids is 2. The first-order chi connectivity index (χ1) is 18.1. The van der Waals surface area contributed by atoms with Crippen LogP contribution in [0.25, 0.3) is 0 Å². The van der Waals surface area contributed by atoms with E-state index in [1.807, 2.05) is 11.0 Å². The van der Waals surface area contributed by atoms with Gasteiger partial charge in [-0.2, -0.15) is 18.4 Å². The van der Waals surface area contributed by atoms with Crippen LogP contribution in [0.2, 0.25) is 0 Å². The van der Waals surface area contributed by atoms with E-state index in [4.69, 9.17) is 0 Å². The summed E-state index contributed by atoms with van der Waals surface area (Å²) in [6, 6.07) is 7.80. The second kappa shape index (κ2) is 11.8. The number of amides is 2. The van der Waals surface area contributed by atoms with Crippen molar-refractivity contribution in [1.29, 1.82) is 5.26 Å². The molecule has 2 aliphatic heterocycles. The van der Waals surface area contributed by atoms with E-state index in [0.29, 0.717) is 25.3 Å². The highest BCUT2D eigenvalue weighted by molar-refractivity contribution is 6.05. The van der Waals surface area contributed by atoms with Crippen LogP contribution in [0.1, 0.15) is 53.6 Å². The van der Waals surface area contributed by atoms with Crippen molar-refractivity contribution in [2.24, 2.45) is 5.92 Å². The second-order valence-corrected chi connectivity index (χ2v) is 10.0. The largest absolute Gasteiger partial charge is 0.416 e. The Hall–Kier alpha value is -3.65. The standard InChI is InChI=1S/C27H31F3N6O2/c1-35-9-3-6-22(17-35)33-24(37)13-18-7-10-36(11-8-18)25-23(12-19(15-31)16-32-25)34-26(38)20-4-2-5-21(14-20)27(28,29)30/h2,4-5,12,14,16,18,22H,3,6-11,13,17H2,1H3,(H,33,37)(H,34,38)/t22-/m1/s1. The average Bonchev–Trinajstić information content (AvgIpc) is 2.88. The number of likely N-dealkylation sites (tertiary alicyclic amines) is 1. The maximum atomic E-state index is 13.1. The molecular weight excluding hydrogens is 497 g/mol. The van der Waals surface area contributed by atoms with Crippen LogP contribution in [0.5, 0.6) is 0 Å². The van der Waals surface area contributed by atoms with Gasteiger partial charge in [0, 0.05) is 43.9 Å². The average molecular weight is 529 g/mol. The number of hydrogen-bond donors (Lipinski definition) is 2. The molecule has 38 heavy (non-hydrogen) atoms. The molecule has 0 aliphatic carbocycles. The minimum absolute atomic E-state index is 0.0642. The Morgan fingerprint density at radius 3 is 2.61 bits per heavy atom. The Balaban J connectivity index is 1.39. The molecule has 0 unspecified atom stereocenters. The van der Waals surface area contributed by atoms with Gasteiger partial charge in [-0.15, -0.1) is 0 Å². The molecular formula is C27H31F3N6O2. The first-order valence-electron chi connectivity index (χ1n) is 12.7. The van der Waals surface area contributed by atoms with E-state index < -0.39 is 17.6 Å². The van der Waals surface area contributed by atoms with Crippen LogP contribution < -0.4 is 15.5 Å². The molecule has 2 aromatic rings. The maximum Gasteiger partial charge on any atom is 0.416 e. The lowest BCUT2D eigenvalue weighted by molar-refractivity contribution is -0.137. The lowest BCUT2D eigenvalue weighted by Crippen LogP contribution is -2.47. The number of nitriles is 1. The number of benzene rings is 1. The van der Waals surface area contributed by atoms with Crippen LogP contribution in [-0.4, -0.2) is 61.0 Å². The Morgan fingerprint density at radius 2 is 1.92 bits per heavy atom. The predicted molar refractivity (Wildman–Crippen MR) is 137 cm³/mol. The summed E-state index contributed by atoms with van der Waals surface area (Å²) >= 11 is 0. The van der Waals surface area contributed by atoms with E-state index in [1.54, 1.807) is 0 Å². The van der Waals surface area contributed by atoms with E-state index in [-0.39, 0.29) is 34.7 Å². The van der Waals surface area contributed by atoms with E-state index in [2.05, 4.69) is 27.6 Å². The van der Waals surface area contributed by atoms with E-state index >= 15 is 0 Å². The van der Waals surface area contributed by atoms with Crippen molar-refractivity contribution < 1.29 is 22.8 Å². The van der Waals surface area contributed by atoms with Gasteiger partial charge in [0.05, 0.1) is 16.8 Å². The number of nitrogens with one attached hydrogen (secondary N) is 2. The normalized spacial score (nSPS) is 19.0. The molecule has 11 heteroatoms. The van der Waals surface area contributed by atoms with Gasteiger partial charge >= 0.3 is 6.18 Å². The quantitative estimate of drug-likeness (QED) is 0.587. The van der Waals surface area contributed by atoms with Crippen LogP contribution in [0.15, 0.2) is 36.5 Å². The van der Waals surface area contributed by atoms with Crippen molar-refractivity contribution >= 4 is 23.3 Å². The second-order valence-electron chi connectivity index (χ2n) is 10.0. The fourth-order valence-electron chi connectivity index (χ4n) is 5.08. The third-order valence-electron chi connectivity index (χ3n) is 7.07. The zero-order valence-corrected chi connectivity index (χ0v) is 21.2. The van der Waals surface area contributed by atoms with Gasteiger partial charge in [-0.3, -0.25) is 9.59 Å². The number of halogens is 3. The number of rotatable bonds is 6. The SMILES string of the molecule is CN1CCC[C@@H](NC(=O)CC2CCN(c3ncc(C#N)cc3NC(=O)c3cccc(C(F)(F)F)c3)CC2)C1. The lowest BCUT2D eigenvalue weighted by Gasteiger charge is -2.34. The van der Waals surface area contributed by atoms with Gasteiger partial charge < -0.3 is 20.4 Å². The number of hydrogen-bond acceptors (Lipinski definition) is 6. The fraction of sp³-hybridized carbons (Fsp3) is 0.481. The zero-order valence-electron chi connectivity index (χ0n) is 21.2. The van der Waals surface area contributed by atoms with Gasteiger partial charge in [-0.05, 0) is 69.5 Å². The van der Waals surface area contributed by atoms with Gasteiger partial charge in [0.1, 0.15) is 6.07 Å². The number of anilines is 2. The third-order valence-corrected chi connectivity index (χ3v) is 7.07. The van der Waals surface area contributed by atoms with Crippen LogP contribution >= 0.6 is 0 Å². The lowest BCUT2D eigenvalue weighted by atomic mass is 9.92. The summed E-state index contributed by atoms with van der Waals surface area (Å²) in [4.78, 5) is 34.0. The van der Waals surface area contributed by atoms with Crippen molar-refractivity contribution in [3.05, 3.63) is 53.2 Å². The Morgan fingerprint density at radius 1 is 1.16 bits per heavy atom. The van der Waals surface area contributed by atoms with Crippen LogP contribution in [0.3, 0.4) is 0 Å². The number of carbonyl (C=O) groups is 2. The summed E-state index contributed by atoms with van der Waals surface area (Å²) < 4.78 is 39.3. The molecule has 8 nitrogen and oxygen atoms in total. The zero-order chi connectivity index (χ0) is 27.3. The van der Waals surface area contributed by atoms with Gasteiger partial charge in [-0.1, -0.05) is 6.07 Å². The number of aromatic nitrogens is 1. The molecule has 2 fully saturated rings. The molecule has 2 saturated heterocycles. The number of nitrogens with zero attached hydrogens (tertiary/aromatic N) is 4. The van der Waals surface area contributed by atoms with Crippen molar-refractivity contribution in [3.8, 4) is 6.07 Å². The molecule has 1 aromatic carbocycles. The smallest absolute Gasteiger partial charge is 0.355 e. The molecule has 3 heterocycles. The summed E-state index contributed by atoms with van der Waals surface area (Å²) in [5, 5.41) is 15.1. The number of alkyl halides is 3. The maximum absolute atomic E-state index is 13.1. The van der Waals surface area contributed by atoms with Gasteiger partial charge in [0.15, 0.2) is 5.82 Å². The van der Waals surface area contributed by atoms with Crippen LogP contribution in [0.4, 0.5) is 24.7 Å². The van der Waals surface area contributed by atoms with Crippen molar-refractivity contribution in [1.82, 2.24) is 15.2 Å². The van der Waals surface area contributed by atoms with Gasteiger partial charge in [-0.25, -0.2) is 4.98 Å². The molecule has 4 rings (SSSR count). The first kappa shape index (κ1) is 27.4. The predicted octanol–water partition coefficient (Wildman–Crippen LogP) is 4.04. The van der Waals surface area contributed by atoms with Crippen molar-refractivity contribution in [2.75, 3.05) is 43.4 Å². The molecule has 0 radical (unpaired) electrons. The summed E-state index contributed by atoms with van der Waals surface area (Å²) in [5.74, 6) is -0.00462. The minimum atomic E-state index is -4.57. The Labute approximate surface area is 219 Å². The van der Waals surface area contributed by atoms with E-state index in [1.165, 1.54) is 24.4 Å². The number of piperidine rings is 2. The molecule has 202 valence electrons. The highest BCUT2D eigenvalue weighted by atomic mass is 19.4. The molecule has 0 bridgehead atoms. The van der Waals surface area contributed by atoms with E-state index in [0.717, 1.165) is 50.9 Å². The molecule has 2 amide bonds. The molecule has 1 aromatic heterocycles. The van der Waals surface area contributed by atoms with Gasteiger partial charge in [0.2, 0.25) is 5.91 Å². The van der Waals surface area contributed by atoms with E-state index in [9.17, 15) is 28.0 Å². The number of pyridine rings is 1. The fourth-order valence-corrected chi connectivity index (χ4v) is 5.08. The molecule has 2 N–H and O–H groups in total. The molecule has 0 spiro atoms. The minimum Gasteiger partial charge on any atom is -0.355 e. The third kappa shape index (κ3) is 7.01.